The Hall–Kier alpha value is -2.16. The molecule has 45 heavy (non-hydrogen) atoms. The van der Waals surface area contributed by atoms with Crippen LogP contribution in [-0.2, 0) is 33.2 Å². The van der Waals surface area contributed by atoms with E-state index in [1.165, 1.54) is 14.0 Å². The molecule has 1 heterocycles. The number of methoxy groups -OCH3 is 4. The van der Waals surface area contributed by atoms with Crippen molar-refractivity contribution < 1.29 is 53.3 Å². The lowest BCUT2D eigenvalue weighted by molar-refractivity contribution is -0.321. The van der Waals surface area contributed by atoms with Crippen molar-refractivity contribution in [1.29, 1.82) is 0 Å². The molecule has 1 saturated heterocycles. The van der Waals surface area contributed by atoms with E-state index in [2.05, 4.69) is 4.90 Å². The molecule has 0 amide bonds. The van der Waals surface area contributed by atoms with Gasteiger partial charge in [-0.25, -0.2) is 4.79 Å². The van der Waals surface area contributed by atoms with Gasteiger partial charge in [0.2, 0.25) is 0 Å². The molecule has 6 aliphatic rings. The van der Waals surface area contributed by atoms with Crippen LogP contribution in [0.2, 0.25) is 0 Å². The Kier molecular flexibility index (Phi) is 7.28. The largest absolute Gasteiger partial charge is 0.455 e. The zero-order chi connectivity index (χ0) is 32.3. The molecule has 12 nitrogen and oxygen atoms in total. The van der Waals surface area contributed by atoms with Gasteiger partial charge in [0.15, 0.2) is 5.60 Å². The molecule has 0 radical (unpaired) electrons. The molecule has 5 saturated carbocycles. The standard InChI is InChI=1S/C33H45NO11/c1-16(35)45-33-21-18(13-31(39,28(43-6)26(33)37)27(21)44-29(38)17-10-8-7-9-11-17)32-20(41-4)12-19(36)30(15-40-3)14-34(2)25(32)22(33)23(42-5)24(30)32/h7-11,18-28,36-37,39H,12-15H2,1-6H3/t18-,19+,20-,21-,22-,23-,24+,25+,26+,27-,28-,30+,31-,32-,33-/m1/s1. The van der Waals surface area contributed by atoms with Crippen LogP contribution in [0.3, 0.4) is 0 Å². The minimum absolute atomic E-state index is 0.0754. The average molecular weight is 632 g/mol. The summed E-state index contributed by atoms with van der Waals surface area (Å²) in [6.07, 6.45) is -5.50. The molecule has 248 valence electrons. The fraction of sp³-hybridized carbons (Fsp3) is 0.758. The summed E-state index contributed by atoms with van der Waals surface area (Å²) in [7, 11) is 8.20. The number of aliphatic hydroxyl groups excluding tert-OH is 2. The minimum Gasteiger partial charge on any atom is -0.455 e. The molecule has 0 aromatic heterocycles. The van der Waals surface area contributed by atoms with Crippen LogP contribution in [0.5, 0.6) is 0 Å². The molecule has 1 aromatic carbocycles. The maximum Gasteiger partial charge on any atom is 0.338 e. The summed E-state index contributed by atoms with van der Waals surface area (Å²) >= 11 is 0. The SMILES string of the molecule is COC[C@]12CN(C)[C@H]3[C@H]4[C@@H](OC)[C@@H]1[C@@]3([C@@H]1C[C@@]3(O)[C@H](OC(=O)c5ccccc5)[C@@H]1[C@]4(OC(C)=O)[C@@H](O)[C@H]3OC)[C@H](OC)C[C@@H]2O. The number of benzene rings is 1. The number of piperidine rings is 1. The third kappa shape index (κ3) is 3.55. The maximum atomic E-state index is 13.7. The number of aliphatic hydroxyl groups is 3. The van der Waals surface area contributed by atoms with Crippen LogP contribution in [0.1, 0.15) is 30.1 Å². The Morgan fingerprint density at radius 2 is 1.71 bits per heavy atom. The molecule has 7 rings (SSSR count). The predicted molar refractivity (Wildman–Crippen MR) is 156 cm³/mol. The van der Waals surface area contributed by atoms with E-state index in [0.29, 0.717) is 18.5 Å². The van der Waals surface area contributed by atoms with Crippen molar-refractivity contribution in [2.45, 2.75) is 73.6 Å². The van der Waals surface area contributed by atoms with E-state index in [1.807, 2.05) is 7.05 Å². The second kappa shape index (κ2) is 10.4. The number of hydrogen-bond donors (Lipinski definition) is 3. The third-order valence-electron chi connectivity index (χ3n) is 12.9. The number of fused-ring (bicyclic) bond motifs is 2. The molecule has 1 aliphatic heterocycles. The molecule has 1 aromatic rings. The van der Waals surface area contributed by atoms with Gasteiger partial charge in [0.05, 0.1) is 30.5 Å². The van der Waals surface area contributed by atoms with Crippen molar-refractivity contribution in [3.05, 3.63) is 35.9 Å². The first kappa shape index (κ1) is 31.4. The van der Waals surface area contributed by atoms with Gasteiger partial charge in [-0.2, -0.15) is 0 Å². The Balaban J connectivity index is 1.52. The second-order valence-electron chi connectivity index (χ2n) is 14.3. The smallest absolute Gasteiger partial charge is 0.338 e. The zero-order valence-corrected chi connectivity index (χ0v) is 26.6. The van der Waals surface area contributed by atoms with Gasteiger partial charge in [-0.15, -0.1) is 0 Å². The number of rotatable bonds is 8. The fourth-order valence-corrected chi connectivity index (χ4v) is 12.2. The fourth-order valence-electron chi connectivity index (χ4n) is 12.2. The summed E-state index contributed by atoms with van der Waals surface area (Å²) in [5, 5.41) is 37.0. The molecule has 7 bridgehead atoms. The molecule has 6 fully saturated rings. The summed E-state index contributed by atoms with van der Waals surface area (Å²) in [5.41, 5.74) is -4.79. The number of carbonyl (C=O) groups excluding carboxylic acids is 2. The first-order valence-electron chi connectivity index (χ1n) is 15.8. The number of likely N-dealkylation sites (tertiary alicyclic amines) is 1. The maximum absolute atomic E-state index is 13.7. The highest BCUT2D eigenvalue weighted by molar-refractivity contribution is 5.89. The van der Waals surface area contributed by atoms with Gasteiger partial charge in [0.25, 0.3) is 0 Å². The lowest BCUT2D eigenvalue weighted by atomic mass is 9.42. The van der Waals surface area contributed by atoms with E-state index < -0.39 is 88.3 Å². The Morgan fingerprint density at radius 1 is 1.00 bits per heavy atom. The lowest BCUT2D eigenvalue weighted by Crippen LogP contribution is -2.81. The zero-order valence-electron chi connectivity index (χ0n) is 26.6. The van der Waals surface area contributed by atoms with Crippen molar-refractivity contribution in [1.82, 2.24) is 4.90 Å². The molecular formula is C33H45NO11. The van der Waals surface area contributed by atoms with E-state index in [-0.39, 0.29) is 25.0 Å². The molecule has 0 unspecified atom stereocenters. The molecule has 12 heteroatoms. The summed E-state index contributed by atoms with van der Waals surface area (Å²) in [6.45, 7) is 2.00. The Labute approximate surface area is 262 Å². The quantitative estimate of drug-likeness (QED) is 0.337. The summed E-state index contributed by atoms with van der Waals surface area (Å²) in [5.74, 6) is -3.66. The van der Waals surface area contributed by atoms with E-state index in [9.17, 15) is 24.9 Å². The van der Waals surface area contributed by atoms with E-state index in [1.54, 1.807) is 51.7 Å². The molecular weight excluding hydrogens is 586 g/mol. The van der Waals surface area contributed by atoms with Crippen LogP contribution < -0.4 is 0 Å². The van der Waals surface area contributed by atoms with Crippen molar-refractivity contribution in [3.8, 4) is 0 Å². The summed E-state index contributed by atoms with van der Waals surface area (Å²) in [4.78, 5) is 29.1. The number of ether oxygens (including phenoxy) is 6. The molecule has 1 spiro atoms. The van der Waals surface area contributed by atoms with E-state index >= 15 is 0 Å². The van der Waals surface area contributed by atoms with Crippen LogP contribution in [0, 0.1) is 34.5 Å². The van der Waals surface area contributed by atoms with Gasteiger partial charge >= 0.3 is 11.9 Å². The number of nitrogens with zero attached hydrogens (tertiary/aromatic N) is 1. The predicted octanol–water partition coefficient (Wildman–Crippen LogP) is 0.258. The second-order valence-corrected chi connectivity index (χ2v) is 14.3. The van der Waals surface area contributed by atoms with Crippen LogP contribution >= 0.6 is 0 Å². The monoisotopic (exact) mass is 631 g/mol. The highest BCUT2D eigenvalue weighted by atomic mass is 16.6. The van der Waals surface area contributed by atoms with Crippen molar-refractivity contribution in [3.63, 3.8) is 0 Å². The molecule has 15 atom stereocenters. The van der Waals surface area contributed by atoms with Crippen LogP contribution in [-0.4, -0.2) is 135 Å². The summed E-state index contributed by atoms with van der Waals surface area (Å²) < 4.78 is 37.2. The molecule has 3 N–H and O–H groups in total. The van der Waals surface area contributed by atoms with Crippen molar-refractivity contribution >= 4 is 11.9 Å². The highest BCUT2D eigenvalue weighted by Crippen LogP contribution is 2.80. The van der Waals surface area contributed by atoms with Gasteiger partial charge < -0.3 is 48.6 Å². The van der Waals surface area contributed by atoms with Gasteiger partial charge in [0, 0.05) is 83.0 Å². The number of carbonyl (C=O) groups is 2. The average Bonchev–Trinajstić information content (AvgIpc) is 3.40. The summed E-state index contributed by atoms with van der Waals surface area (Å²) in [6, 6.07) is 8.15. The lowest BCUT2D eigenvalue weighted by Gasteiger charge is -2.70. The minimum atomic E-state index is -1.83. The Morgan fingerprint density at radius 3 is 2.31 bits per heavy atom. The van der Waals surface area contributed by atoms with Crippen molar-refractivity contribution in [2.75, 3.05) is 48.6 Å². The Bertz CT molecular complexity index is 1350. The highest BCUT2D eigenvalue weighted by Gasteiger charge is 2.92. The topological polar surface area (TPSA) is 153 Å². The van der Waals surface area contributed by atoms with Crippen molar-refractivity contribution in [2.24, 2.45) is 34.5 Å². The van der Waals surface area contributed by atoms with E-state index in [0.717, 1.165) is 0 Å². The molecule has 5 aliphatic carbocycles. The van der Waals surface area contributed by atoms with Gasteiger partial charge in [0.1, 0.15) is 23.9 Å². The first-order chi connectivity index (χ1) is 21.4. The van der Waals surface area contributed by atoms with Crippen LogP contribution in [0.25, 0.3) is 0 Å². The van der Waals surface area contributed by atoms with E-state index in [4.69, 9.17) is 28.4 Å². The number of esters is 2. The number of hydrogen-bond acceptors (Lipinski definition) is 12. The van der Waals surface area contributed by atoms with Crippen LogP contribution in [0.4, 0.5) is 0 Å². The van der Waals surface area contributed by atoms with Gasteiger partial charge in [-0.1, -0.05) is 18.2 Å². The van der Waals surface area contributed by atoms with Gasteiger partial charge in [-0.3, -0.25) is 4.79 Å². The van der Waals surface area contributed by atoms with Crippen LogP contribution in [0.15, 0.2) is 30.3 Å². The third-order valence-corrected chi connectivity index (χ3v) is 12.9. The normalized spacial score (nSPS) is 50.7. The van der Waals surface area contributed by atoms with Gasteiger partial charge in [-0.05, 0) is 31.5 Å². The first-order valence-corrected chi connectivity index (χ1v) is 15.8.